The molecule has 7 aromatic rings. The SMILES string of the molecule is C1=CCC(C2N=C(C3=CC=CC4C3Sc3c(-c5ccc(-c6cccc7cccnc67)cc5)cccc3C43c4ccccc4-c4ccccc43)NC(c3ccccc3)=N2)C=C1. The summed E-state index contributed by atoms with van der Waals surface area (Å²) in [5.74, 6) is 2.07. The Morgan fingerprint density at radius 3 is 2.00 bits per heavy atom. The lowest BCUT2D eigenvalue weighted by Crippen LogP contribution is -2.49. The summed E-state index contributed by atoms with van der Waals surface area (Å²) >= 11 is 2.00. The predicted octanol–water partition coefficient (Wildman–Crippen LogP) is 12.4. The van der Waals surface area contributed by atoms with Gasteiger partial charge in [-0.25, -0.2) is 9.98 Å². The molecule has 5 heteroatoms. The quantitative estimate of drug-likeness (QED) is 0.189. The predicted molar refractivity (Wildman–Crippen MR) is 248 cm³/mol. The van der Waals surface area contributed by atoms with Gasteiger partial charge in [0.1, 0.15) is 11.7 Å². The summed E-state index contributed by atoms with van der Waals surface area (Å²) in [7, 11) is 0. The third-order valence-electron chi connectivity index (χ3n) is 13.0. The van der Waals surface area contributed by atoms with Gasteiger partial charge in [-0.1, -0.05) is 188 Å². The Labute approximate surface area is 354 Å². The van der Waals surface area contributed by atoms with Gasteiger partial charge in [0, 0.05) is 50.3 Å². The molecule has 6 aromatic carbocycles. The first-order valence-corrected chi connectivity index (χ1v) is 21.8. The standard InChI is InChI=1S/C55H40N4S/c1-3-15-38(16-4-1)52-57-53(39-17-5-2-6-18-39)59-54(58-52)44-25-13-29-48-51(44)60-50-41(36-32-30-35(31-33-36)40-23-11-19-37-20-14-34-56-49(37)40)24-12-28-47(50)55(48)45-26-9-7-21-42(45)43-22-8-10-27-46(43)55/h1-17,19-34,39,48,51,53H,18H2,(H,57,58,59). The molecule has 286 valence electrons. The van der Waals surface area contributed by atoms with Crippen molar-refractivity contribution in [2.24, 2.45) is 21.8 Å². The first kappa shape index (κ1) is 35.2. The fourth-order valence-corrected chi connectivity index (χ4v) is 12.0. The van der Waals surface area contributed by atoms with Crippen LogP contribution in [0.3, 0.4) is 0 Å². The average molecular weight is 789 g/mol. The molecule has 1 spiro atoms. The van der Waals surface area contributed by atoms with E-state index in [1.165, 1.54) is 49.4 Å². The number of allylic oxidation sites excluding steroid dienone is 6. The van der Waals surface area contributed by atoms with Crippen LogP contribution in [0.25, 0.3) is 44.3 Å². The number of nitrogens with one attached hydrogen (secondary N) is 1. The molecular formula is C55H40N4S. The van der Waals surface area contributed by atoms with Crippen LogP contribution >= 0.6 is 11.8 Å². The molecule has 12 rings (SSSR count). The number of hydrogen-bond donors (Lipinski definition) is 1. The third-order valence-corrected chi connectivity index (χ3v) is 14.5. The van der Waals surface area contributed by atoms with E-state index in [1.54, 1.807) is 0 Å². The number of aliphatic imine (C=N–C) groups is 2. The van der Waals surface area contributed by atoms with Gasteiger partial charge in [-0.3, -0.25) is 4.98 Å². The summed E-state index contributed by atoms with van der Waals surface area (Å²) in [5, 5.41) is 5.00. The Balaban J connectivity index is 1.03. The molecule has 1 N–H and O–H groups in total. The number of nitrogens with zero attached hydrogens (tertiary/aromatic N) is 3. The first-order chi connectivity index (χ1) is 29.8. The minimum Gasteiger partial charge on any atom is -0.325 e. The second-order valence-corrected chi connectivity index (χ2v) is 17.3. The molecule has 2 aliphatic heterocycles. The molecule has 0 saturated heterocycles. The number of aromatic nitrogens is 1. The lowest BCUT2D eigenvalue weighted by Gasteiger charge is -2.49. The van der Waals surface area contributed by atoms with Crippen LogP contribution in [-0.4, -0.2) is 28.1 Å². The summed E-state index contributed by atoms with van der Waals surface area (Å²) in [6.45, 7) is 0. The lowest BCUT2D eigenvalue weighted by molar-refractivity contribution is 0.445. The number of benzene rings is 6. The number of pyridine rings is 1. The van der Waals surface area contributed by atoms with Gasteiger partial charge >= 0.3 is 0 Å². The summed E-state index contributed by atoms with van der Waals surface area (Å²) in [6.07, 6.45) is 18.4. The molecule has 4 unspecified atom stereocenters. The molecule has 0 fully saturated rings. The normalized spacial score (nSPS) is 21.6. The van der Waals surface area contributed by atoms with Gasteiger partial charge in [0.15, 0.2) is 6.17 Å². The van der Waals surface area contributed by atoms with Crippen molar-refractivity contribution in [3.63, 3.8) is 0 Å². The van der Waals surface area contributed by atoms with E-state index in [9.17, 15) is 0 Å². The number of rotatable bonds is 5. The van der Waals surface area contributed by atoms with Gasteiger partial charge in [-0.2, -0.15) is 0 Å². The minimum absolute atomic E-state index is 0.0488. The van der Waals surface area contributed by atoms with E-state index in [1.807, 2.05) is 24.0 Å². The molecule has 0 bridgehead atoms. The highest BCUT2D eigenvalue weighted by Gasteiger charge is 2.57. The maximum absolute atomic E-state index is 5.51. The third kappa shape index (κ3) is 5.42. The van der Waals surface area contributed by atoms with Crippen LogP contribution in [0.5, 0.6) is 0 Å². The number of amidine groups is 2. The first-order valence-electron chi connectivity index (χ1n) is 20.9. The lowest BCUT2D eigenvalue weighted by atomic mass is 9.60. The van der Waals surface area contributed by atoms with E-state index in [4.69, 9.17) is 15.0 Å². The molecule has 4 atom stereocenters. The highest BCUT2D eigenvalue weighted by molar-refractivity contribution is 8.00. The second-order valence-electron chi connectivity index (χ2n) is 16.2. The van der Waals surface area contributed by atoms with Crippen LogP contribution in [0.15, 0.2) is 221 Å². The van der Waals surface area contributed by atoms with Crippen molar-refractivity contribution in [1.82, 2.24) is 10.3 Å². The van der Waals surface area contributed by atoms with Crippen LogP contribution in [-0.2, 0) is 5.41 Å². The Kier molecular flexibility index (Phi) is 8.31. The van der Waals surface area contributed by atoms with Crippen molar-refractivity contribution in [2.45, 2.75) is 28.1 Å². The maximum atomic E-state index is 5.51. The van der Waals surface area contributed by atoms with Crippen LogP contribution in [0, 0.1) is 11.8 Å². The molecule has 5 aliphatic rings. The van der Waals surface area contributed by atoms with Gasteiger partial charge < -0.3 is 5.32 Å². The van der Waals surface area contributed by atoms with E-state index in [-0.39, 0.29) is 23.3 Å². The number of fused-ring (bicyclic) bond motifs is 10. The van der Waals surface area contributed by atoms with Crippen LogP contribution in [0.2, 0.25) is 0 Å². The molecule has 0 radical (unpaired) electrons. The van der Waals surface area contributed by atoms with E-state index in [2.05, 4.69) is 193 Å². The molecule has 1 aromatic heterocycles. The Hall–Kier alpha value is -6.82. The average Bonchev–Trinajstić information content (AvgIpc) is 3.62. The van der Waals surface area contributed by atoms with E-state index < -0.39 is 5.41 Å². The highest BCUT2D eigenvalue weighted by atomic mass is 32.2. The fourth-order valence-electron chi connectivity index (χ4n) is 10.4. The second kappa shape index (κ2) is 14.2. The van der Waals surface area contributed by atoms with Crippen molar-refractivity contribution in [3.8, 4) is 33.4 Å². The molecular weight excluding hydrogens is 749 g/mol. The molecule has 60 heavy (non-hydrogen) atoms. The van der Waals surface area contributed by atoms with Crippen LogP contribution in [0.4, 0.5) is 0 Å². The van der Waals surface area contributed by atoms with Crippen molar-refractivity contribution in [2.75, 3.05) is 0 Å². The Morgan fingerprint density at radius 2 is 1.22 bits per heavy atom. The van der Waals surface area contributed by atoms with Gasteiger partial charge in [-0.05, 0) is 57.0 Å². The summed E-state index contributed by atoms with van der Waals surface area (Å²) in [6, 6.07) is 55.4. The van der Waals surface area contributed by atoms with Gasteiger partial charge in [0.05, 0.1) is 10.9 Å². The van der Waals surface area contributed by atoms with Crippen molar-refractivity contribution in [3.05, 3.63) is 228 Å². The van der Waals surface area contributed by atoms with Gasteiger partial charge in [0.25, 0.3) is 0 Å². The van der Waals surface area contributed by atoms with Crippen molar-refractivity contribution < 1.29 is 0 Å². The van der Waals surface area contributed by atoms with E-state index >= 15 is 0 Å². The largest absolute Gasteiger partial charge is 0.325 e. The van der Waals surface area contributed by atoms with Crippen molar-refractivity contribution in [1.29, 1.82) is 0 Å². The Morgan fingerprint density at radius 1 is 0.550 bits per heavy atom. The highest BCUT2D eigenvalue weighted by Crippen LogP contribution is 2.65. The number of thioether (sulfide) groups is 1. The summed E-state index contributed by atoms with van der Waals surface area (Å²) < 4.78 is 0. The molecule has 3 heterocycles. The molecule has 0 saturated carbocycles. The summed E-state index contributed by atoms with van der Waals surface area (Å²) in [5.41, 5.74) is 14.3. The zero-order chi connectivity index (χ0) is 39.6. The molecule has 0 amide bonds. The molecule has 4 nitrogen and oxygen atoms in total. The molecule has 3 aliphatic carbocycles. The van der Waals surface area contributed by atoms with Crippen LogP contribution in [0.1, 0.15) is 28.7 Å². The van der Waals surface area contributed by atoms with E-state index in [0.717, 1.165) is 45.7 Å². The zero-order valence-electron chi connectivity index (χ0n) is 32.8. The maximum Gasteiger partial charge on any atom is 0.150 e. The monoisotopic (exact) mass is 788 g/mol. The topological polar surface area (TPSA) is 49.6 Å². The smallest absolute Gasteiger partial charge is 0.150 e. The summed E-state index contributed by atoms with van der Waals surface area (Å²) in [4.78, 5) is 16.9. The zero-order valence-corrected chi connectivity index (χ0v) is 33.6. The van der Waals surface area contributed by atoms with Gasteiger partial charge in [0.2, 0.25) is 0 Å². The van der Waals surface area contributed by atoms with Crippen LogP contribution < -0.4 is 5.32 Å². The fraction of sp³-hybridized carbons (Fsp3) is 0.109. The van der Waals surface area contributed by atoms with E-state index in [0.29, 0.717) is 0 Å². The Bertz CT molecular complexity index is 2990. The van der Waals surface area contributed by atoms with Gasteiger partial charge in [-0.15, -0.1) is 11.8 Å². The number of para-hydroxylation sites is 1. The van der Waals surface area contributed by atoms with Crippen molar-refractivity contribution >= 4 is 34.3 Å². The number of hydrogen-bond acceptors (Lipinski definition) is 5. The minimum atomic E-state index is -0.430.